The van der Waals surface area contributed by atoms with Crippen LogP contribution >= 0.6 is 0 Å². The van der Waals surface area contributed by atoms with Gasteiger partial charge < -0.3 is 9.15 Å². The summed E-state index contributed by atoms with van der Waals surface area (Å²) in [6.45, 7) is 7.47. The van der Waals surface area contributed by atoms with Gasteiger partial charge in [0.25, 0.3) is 11.8 Å². The van der Waals surface area contributed by atoms with Gasteiger partial charge in [-0.3, -0.25) is 19.3 Å². The van der Waals surface area contributed by atoms with Gasteiger partial charge in [0.15, 0.2) is 5.78 Å². The summed E-state index contributed by atoms with van der Waals surface area (Å²) in [5, 5.41) is 9.51. The van der Waals surface area contributed by atoms with Crippen molar-refractivity contribution in [3.63, 3.8) is 0 Å². The number of imide groups is 1. The lowest BCUT2D eigenvalue weighted by atomic mass is 9.94. The minimum Gasteiger partial charge on any atom is -0.457 e. The highest BCUT2D eigenvalue weighted by atomic mass is 16.5. The highest BCUT2D eigenvalue weighted by Crippen LogP contribution is 2.29. The Morgan fingerprint density at radius 2 is 1.85 bits per heavy atom. The molecule has 3 rings (SSSR count). The van der Waals surface area contributed by atoms with Crippen LogP contribution < -0.4 is 0 Å². The van der Waals surface area contributed by atoms with Crippen molar-refractivity contribution in [1.29, 1.82) is 5.26 Å². The molecular weight excluding hydrogens is 420 g/mol. The zero-order valence-corrected chi connectivity index (χ0v) is 19.2. The molecule has 7 heteroatoms. The topological polar surface area (TPSA) is 101 Å². The van der Waals surface area contributed by atoms with Crippen LogP contribution in [0.15, 0.2) is 57.5 Å². The van der Waals surface area contributed by atoms with Crippen LogP contribution in [0.3, 0.4) is 0 Å². The summed E-state index contributed by atoms with van der Waals surface area (Å²) in [6.07, 6.45) is 2.07. The second-order valence-corrected chi connectivity index (χ2v) is 8.04. The predicted molar refractivity (Wildman–Crippen MR) is 123 cm³/mol. The lowest BCUT2D eigenvalue weighted by molar-refractivity contribution is -0.140. The largest absolute Gasteiger partial charge is 0.457 e. The molecule has 0 atom stereocenters. The summed E-state index contributed by atoms with van der Waals surface area (Å²) in [5.41, 5.74) is 1.90. The minimum absolute atomic E-state index is 0.0207. The molecule has 2 heterocycles. The third-order valence-corrected chi connectivity index (χ3v) is 5.29. The van der Waals surface area contributed by atoms with E-state index < -0.39 is 11.8 Å². The maximum absolute atomic E-state index is 13.1. The van der Waals surface area contributed by atoms with Gasteiger partial charge in [0.1, 0.15) is 23.2 Å². The lowest BCUT2D eigenvalue weighted by Gasteiger charge is -2.27. The van der Waals surface area contributed by atoms with E-state index in [0.29, 0.717) is 35.7 Å². The molecule has 170 valence electrons. The van der Waals surface area contributed by atoms with Gasteiger partial charge in [0, 0.05) is 29.9 Å². The Morgan fingerprint density at radius 3 is 2.45 bits per heavy atom. The summed E-state index contributed by atoms with van der Waals surface area (Å²) in [7, 11) is 0. The summed E-state index contributed by atoms with van der Waals surface area (Å²) >= 11 is 0. The van der Waals surface area contributed by atoms with Gasteiger partial charge >= 0.3 is 0 Å². The summed E-state index contributed by atoms with van der Waals surface area (Å²) in [4.78, 5) is 38.3. The monoisotopic (exact) mass is 446 g/mol. The Hall–Kier alpha value is -3.76. The van der Waals surface area contributed by atoms with Crippen molar-refractivity contribution in [3.05, 3.63) is 64.4 Å². The molecule has 2 aromatic rings. The van der Waals surface area contributed by atoms with Crippen molar-refractivity contribution < 1.29 is 23.5 Å². The SMILES string of the molecule is CC(=O)c1ccc(-c2ccc(/C=C3/C(=O)N(CCCOC(C)C)C(=O)C(C#N)=C3C)o2)cc1. The van der Waals surface area contributed by atoms with Crippen molar-refractivity contribution in [1.82, 2.24) is 4.90 Å². The van der Waals surface area contributed by atoms with Crippen LogP contribution in [0.5, 0.6) is 0 Å². The smallest absolute Gasteiger partial charge is 0.271 e. The zero-order valence-electron chi connectivity index (χ0n) is 19.2. The zero-order chi connectivity index (χ0) is 24.1. The highest BCUT2D eigenvalue weighted by molar-refractivity contribution is 6.19. The second kappa shape index (κ2) is 10.2. The molecule has 0 fully saturated rings. The number of nitriles is 1. The number of rotatable bonds is 8. The van der Waals surface area contributed by atoms with Crippen LogP contribution in [0, 0.1) is 11.3 Å². The normalized spacial score (nSPS) is 15.5. The molecular formula is C26H26N2O5. The maximum Gasteiger partial charge on any atom is 0.271 e. The van der Waals surface area contributed by atoms with E-state index in [1.807, 2.05) is 19.9 Å². The number of carbonyl (C=O) groups is 3. The van der Waals surface area contributed by atoms with Gasteiger partial charge in [-0.25, -0.2) is 0 Å². The molecule has 33 heavy (non-hydrogen) atoms. The van der Waals surface area contributed by atoms with Gasteiger partial charge in [0.2, 0.25) is 0 Å². The highest BCUT2D eigenvalue weighted by Gasteiger charge is 2.35. The fraction of sp³-hybridized carbons (Fsp3) is 0.308. The Bertz CT molecular complexity index is 1180. The fourth-order valence-corrected chi connectivity index (χ4v) is 3.47. The molecule has 0 radical (unpaired) electrons. The van der Waals surface area contributed by atoms with Gasteiger partial charge in [-0.2, -0.15) is 5.26 Å². The first-order chi connectivity index (χ1) is 15.7. The Morgan fingerprint density at radius 1 is 1.15 bits per heavy atom. The number of amides is 2. The number of hydrogen-bond acceptors (Lipinski definition) is 6. The van der Waals surface area contributed by atoms with E-state index in [2.05, 4.69) is 0 Å². The third kappa shape index (κ3) is 5.36. The molecule has 0 N–H and O–H groups in total. The lowest BCUT2D eigenvalue weighted by Crippen LogP contribution is -2.43. The van der Waals surface area contributed by atoms with Crippen LogP contribution in [-0.4, -0.2) is 41.8 Å². The number of ether oxygens (including phenoxy) is 1. The average molecular weight is 447 g/mol. The van der Waals surface area contributed by atoms with E-state index in [9.17, 15) is 19.6 Å². The van der Waals surface area contributed by atoms with Crippen LogP contribution in [0.2, 0.25) is 0 Å². The van der Waals surface area contributed by atoms with Crippen molar-refractivity contribution >= 4 is 23.7 Å². The number of nitrogens with zero attached hydrogens (tertiary/aromatic N) is 2. The molecule has 0 unspecified atom stereocenters. The summed E-state index contributed by atoms with van der Waals surface area (Å²) < 4.78 is 11.4. The molecule has 1 aliphatic heterocycles. The first kappa shape index (κ1) is 23.9. The van der Waals surface area contributed by atoms with E-state index in [0.717, 1.165) is 10.5 Å². The van der Waals surface area contributed by atoms with Gasteiger partial charge in [-0.05, 0) is 57.9 Å². The molecule has 1 aromatic carbocycles. The summed E-state index contributed by atoms with van der Waals surface area (Å²) in [6, 6.07) is 12.4. The first-order valence-electron chi connectivity index (χ1n) is 10.7. The second-order valence-electron chi connectivity index (χ2n) is 8.04. The molecule has 0 aliphatic carbocycles. The Kier molecular flexibility index (Phi) is 7.41. The molecule has 1 aliphatic rings. The van der Waals surface area contributed by atoms with Crippen LogP contribution in [0.25, 0.3) is 17.4 Å². The minimum atomic E-state index is -0.590. The number of Topliss-reactive ketones (excluding diaryl/α,β-unsaturated/α-hetero) is 1. The van der Waals surface area contributed by atoms with E-state index in [1.54, 1.807) is 49.4 Å². The van der Waals surface area contributed by atoms with Crippen LogP contribution in [-0.2, 0) is 14.3 Å². The molecule has 0 saturated carbocycles. The Balaban J connectivity index is 1.87. The molecule has 1 aromatic heterocycles. The van der Waals surface area contributed by atoms with Crippen molar-refractivity contribution in [2.45, 2.75) is 40.2 Å². The maximum atomic E-state index is 13.1. The third-order valence-electron chi connectivity index (χ3n) is 5.29. The standard InChI is InChI=1S/C26H26N2O5/c1-16(2)32-13-5-12-28-25(30)22(17(3)23(15-27)26(28)31)14-21-10-11-24(33-21)20-8-6-19(7-9-20)18(4)29/h6-11,14,16H,5,12-13H2,1-4H3/b22-14+. The van der Waals surface area contributed by atoms with Crippen molar-refractivity contribution in [2.75, 3.05) is 13.2 Å². The molecule has 0 bridgehead atoms. The number of hydrogen-bond donors (Lipinski definition) is 0. The molecule has 0 spiro atoms. The Labute approximate surface area is 192 Å². The van der Waals surface area contributed by atoms with E-state index in [-0.39, 0.29) is 29.6 Å². The quantitative estimate of drug-likeness (QED) is 0.255. The number of ketones is 1. The summed E-state index contributed by atoms with van der Waals surface area (Å²) in [5.74, 6) is -0.0935. The van der Waals surface area contributed by atoms with Gasteiger partial charge in [0.05, 0.1) is 6.10 Å². The molecule has 2 amide bonds. The van der Waals surface area contributed by atoms with E-state index in [4.69, 9.17) is 9.15 Å². The predicted octanol–water partition coefficient (Wildman–Crippen LogP) is 4.56. The van der Waals surface area contributed by atoms with Crippen molar-refractivity contribution in [3.8, 4) is 17.4 Å². The van der Waals surface area contributed by atoms with Crippen molar-refractivity contribution in [2.24, 2.45) is 0 Å². The van der Waals surface area contributed by atoms with Crippen LogP contribution in [0.1, 0.15) is 50.2 Å². The fourth-order valence-electron chi connectivity index (χ4n) is 3.47. The van der Waals surface area contributed by atoms with Gasteiger partial charge in [-0.1, -0.05) is 24.3 Å². The van der Waals surface area contributed by atoms with E-state index in [1.165, 1.54) is 6.92 Å². The number of furan rings is 1. The van der Waals surface area contributed by atoms with E-state index >= 15 is 0 Å². The molecule has 7 nitrogen and oxygen atoms in total. The number of benzene rings is 1. The van der Waals surface area contributed by atoms with Crippen LogP contribution in [0.4, 0.5) is 0 Å². The average Bonchev–Trinajstić information content (AvgIpc) is 3.25. The number of carbonyl (C=O) groups excluding carboxylic acids is 3. The molecule has 0 saturated heterocycles. The van der Waals surface area contributed by atoms with Gasteiger partial charge in [-0.15, -0.1) is 0 Å². The first-order valence-corrected chi connectivity index (χ1v) is 10.7.